The molecule has 7 heteroatoms. The summed E-state index contributed by atoms with van der Waals surface area (Å²) < 4.78 is 58.3. The fourth-order valence-corrected chi connectivity index (χ4v) is 3.94. The van der Waals surface area contributed by atoms with Crippen molar-refractivity contribution >= 4 is 10.0 Å². The monoisotopic (exact) mass is 367 g/mol. The van der Waals surface area contributed by atoms with Crippen LogP contribution in [0.2, 0.25) is 0 Å². The molecular formula is C18H19F2NO3S. The van der Waals surface area contributed by atoms with Crippen LogP contribution >= 0.6 is 0 Å². The van der Waals surface area contributed by atoms with E-state index in [4.69, 9.17) is 4.74 Å². The van der Waals surface area contributed by atoms with Crippen LogP contribution in [0.25, 0.3) is 0 Å². The average Bonchev–Trinajstić information content (AvgIpc) is 2.61. The molecule has 0 unspecified atom stereocenters. The van der Waals surface area contributed by atoms with Crippen LogP contribution in [0, 0.1) is 11.6 Å². The predicted molar refractivity (Wildman–Crippen MR) is 90.1 cm³/mol. The minimum absolute atomic E-state index is 0.00917. The van der Waals surface area contributed by atoms with Gasteiger partial charge in [-0.2, -0.15) is 0 Å². The molecule has 134 valence electrons. The van der Waals surface area contributed by atoms with Gasteiger partial charge in [-0.3, -0.25) is 0 Å². The van der Waals surface area contributed by atoms with E-state index in [0.717, 1.165) is 43.4 Å². The number of rotatable bonds is 6. The SMILES string of the molecule is O=S(=O)(NCCOc1ccc(F)c(F)c1)c1ccc2c(c1)CCCC2. The van der Waals surface area contributed by atoms with Gasteiger partial charge in [-0.15, -0.1) is 0 Å². The quantitative estimate of drug-likeness (QED) is 0.798. The summed E-state index contributed by atoms with van der Waals surface area (Å²) >= 11 is 0. The van der Waals surface area contributed by atoms with E-state index in [-0.39, 0.29) is 23.8 Å². The van der Waals surface area contributed by atoms with Gasteiger partial charge in [-0.05, 0) is 61.1 Å². The number of ether oxygens (including phenoxy) is 1. The lowest BCUT2D eigenvalue weighted by Crippen LogP contribution is -2.28. The van der Waals surface area contributed by atoms with Crippen molar-refractivity contribution in [2.24, 2.45) is 0 Å². The first-order valence-electron chi connectivity index (χ1n) is 8.15. The van der Waals surface area contributed by atoms with Crippen molar-refractivity contribution in [1.82, 2.24) is 4.72 Å². The number of sulfonamides is 1. The Balaban J connectivity index is 1.57. The Morgan fingerprint density at radius 2 is 1.72 bits per heavy atom. The zero-order valence-corrected chi connectivity index (χ0v) is 14.4. The van der Waals surface area contributed by atoms with Gasteiger partial charge in [0.05, 0.1) is 4.90 Å². The van der Waals surface area contributed by atoms with Crippen LogP contribution in [0.3, 0.4) is 0 Å². The molecule has 2 aromatic rings. The Morgan fingerprint density at radius 3 is 2.48 bits per heavy atom. The van der Waals surface area contributed by atoms with Crippen LogP contribution in [0.15, 0.2) is 41.3 Å². The molecule has 0 aromatic heterocycles. The molecule has 2 aromatic carbocycles. The van der Waals surface area contributed by atoms with E-state index in [9.17, 15) is 17.2 Å². The highest BCUT2D eigenvalue weighted by molar-refractivity contribution is 7.89. The molecule has 4 nitrogen and oxygen atoms in total. The zero-order valence-electron chi connectivity index (χ0n) is 13.6. The van der Waals surface area contributed by atoms with Crippen molar-refractivity contribution in [3.05, 3.63) is 59.2 Å². The Labute approximate surface area is 145 Å². The fraction of sp³-hybridized carbons (Fsp3) is 0.333. The summed E-state index contributed by atoms with van der Waals surface area (Å²) in [5.41, 5.74) is 2.30. The van der Waals surface area contributed by atoms with E-state index in [2.05, 4.69) is 4.72 Å². The fourth-order valence-electron chi connectivity index (χ4n) is 2.87. The third-order valence-electron chi connectivity index (χ3n) is 4.18. The molecule has 25 heavy (non-hydrogen) atoms. The smallest absolute Gasteiger partial charge is 0.240 e. The lowest BCUT2D eigenvalue weighted by atomic mass is 9.92. The second kappa shape index (κ2) is 7.49. The van der Waals surface area contributed by atoms with E-state index in [1.165, 1.54) is 11.6 Å². The van der Waals surface area contributed by atoms with Crippen molar-refractivity contribution in [3.63, 3.8) is 0 Å². The van der Waals surface area contributed by atoms with E-state index >= 15 is 0 Å². The first-order chi connectivity index (χ1) is 12.0. The minimum Gasteiger partial charge on any atom is -0.492 e. The van der Waals surface area contributed by atoms with Gasteiger partial charge in [-0.1, -0.05) is 6.07 Å². The Kier molecular flexibility index (Phi) is 5.34. The number of halogens is 2. The van der Waals surface area contributed by atoms with E-state index < -0.39 is 21.7 Å². The maximum atomic E-state index is 13.1. The van der Waals surface area contributed by atoms with Gasteiger partial charge >= 0.3 is 0 Å². The third-order valence-corrected chi connectivity index (χ3v) is 5.64. The van der Waals surface area contributed by atoms with Crippen molar-refractivity contribution in [1.29, 1.82) is 0 Å². The van der Waals surface area contributed by atoms with Gasteiger partial charge in [0.2, 0.25) is 10.0 Å². The summed E-state index contributed by atoms with van der Waals surface area (Å²) in [6, 6.07) is 8.39. The molecular weight excluding hydrogens is 348 g/mol. The Morgan fingerprint density at radius 1 is 0.960 bits per heavy atom. The molecule has 0 spiro atoms. The Bertz CT molecular complexity index is 869. The summed E-state index contributed by atoms with van der Waals surface area (Å²) in [5.74, 6) is -1.82. The first-order valence-corrected chi connectivity index (χ1v) is 9.63. The molecule has 0 fully saturated rings. The van der Waals surface area contributed by atoms with E-state index in [1.54, 1.807) is 12.1 Å². The van der Waals surface area contributed by atoms with Crippen LogP contribution in [0.4, 0.5) is 8.78 Å². The lowest BCUT2D eigenvalue weighted by Gasteiger charge is -2.16. The van der Waals surface area contributed by atoms with Crippen LogP contribution in [-0.4, -0.2) is 21.6 Å². The molecule has 0 heterocycles. The lowest BCUT2D eigenvalue weighted by molar-refractivity contribution is 0.319. The van der Waals surface area contributed by atoms with Crippen LogP contribution in [-0.2, 0) is 22.9 Å². The summed E-state index contributed by atoms with van der Waals surface area (Å²) in [7, 11) is -3.63. The van der Waals surface area contributed by atoms with E-state index in [1.807, 2.05) is 6.07 Å². The number of hydrogen-bond acceptors (Lipinski definition) is 3. The molecule has 1 aliphatic carbocycles. The number of hydrogen-bond donors (Lipinski definition) is 1. The van der Waals surface area contributed by atoms with Gasteiger partial charge in [0.25, 0.3) is 0 Å². The summed E-state index contributed by atoms with van der Waals surface area (Å²) in [4.78, 5) is 0.237. The van der Waals surface area contributed by atoms with Crippen molar-refractivity contribution in [3.8, 4) is 5.75 Å². The zero-order chi connectivity index (χ0) is 17.9. The molecule has 1 aliphatic rings. The highest BCUT2D eigenvalue weighted by Gasteiger charge is 2.17. The second-order valence-electron chi connectivity index (χ2n) is 5.96. The molecule has 0 aliphatic heterocycles. The van der Waals surface area contributed by atoms with Gasteiger partial charge in [0, 0.05) is 12.6 Å². The van der Waals surface area contributed by atoms with Gasteiger partial charge in [0.15, 0.2) is 11.6 Å². The predicted octanol–water partition coefficient (Wildman–Crippen LogP) is 3.20. The normalized spacial score (nSPS) is 14.2. The van der Waals surface area contributed by atoms with Crippen molar-refractivity contribution < 1.29 is 21.9 Å². The molecule has 0 amide bonds. The Hall–Kier alpha value is -1.99. The molecule has 1 N–H and O–H groups in total. The first kappa shape index (κ1) is 17.8. The van der Waals surface area contributed by atoms with E-state index in [0.29, 0.717) is 0 Å². The van der Waals surface area contributed by atoms with Crippen LogP contribution in [0.5, 0.6) is 5.75 Å². The molecule has 0 saturated heterocycles. The molecule has 0 bridgehead atoms. The highest BCUT2D eigenvalue weighted by atomic mass is 32.2. The molecule has 0 radical (unpaired) electrons. The topological polar surface area (TPSA) is 55.4 Å². The molecule has 3 rings (SSSR count). The maximum Gasteiger partial charge on any atom is 0.240 e. The number of fused-ring (bicyclic) bond motifs is 1. The van der Waals surface area contributed by atoms with Gasteiger partial charge < -0.3 is 4.74 Å². The average molecular weight is 367 g/mol. The molecule has 0 saturated carbocycles. The third kappa shape index (κ3) is 4.35. The number of benzene rings is 2. The van der Waals surface area contributed by atoms with Gasteiger partial charge in [-0.25, -0.2) is 21.9 Å². The number of aryl methyl sites for hydroxylation is 2. The van der Waals surface area contributed by atoms with Crippen LogP contribution < -0.4 is 9.46 Å². The second-order valence-corrected chi connectivity index (χ2v) is 7.73. The highest BCUT2D eigenvalue weighted by Crippen LogP contribution is 2.24. The summed E-state index contributed by atoms with van der Waals surface area (Å²) in [5, 5.41) is 0. The summed E-state index contributed by atoms with van der Waals surface area (Å²) in [6.07, 6.45) is 4.10. The van der Waals surface area contributed by atoms with Gasteiger partial charge in [0.1, 0.15) is 12.4 Å². The molecule has 0 atom stereocenters. The standard InChI is InChI=1S/C18H19F2NO3S/c19-17-8-6-15(12-18(17)20)24-10-9-21-25(22,23)16-7-5-13-3-1-2-4-14(13)11-16/h5-8,11-12,21H,1-4,9-10H2. The van der Waals surface area contributed by atoms with Crippen LogP contribution in [0.1, 0.15) is 24.0 Å². The largest absolute Gasteiger partial charge is 0.492 e. The number of nitrogens with one attached hydrogen (secondary N) is 1. The van der Waals surface area contributed by atoms with Crippen molar-refractivity contribution in [2.75, 3.05) is 13.2 Å². The minimum atomic E-state index is -3.63. The maximum absolute atomic E-state index is 13.1. The van der Waals surface area contributed by atoms with Crippen molar-refractivity contribution in [2.45, 2.75) is 30.6 Å². The summed E-state index contributed by atoms with van der Waals surface area (Å²) in [6.45, 7) is 0.0354.